The molecule has 0 aliphatic carbocycles. The van der Waals surface area contributed by atoms with Crippen molar-refractivity contribution >= 4 is 23.5 Å². The Labute approximate surface area is 153 Å². The molecule has 2 aromatic rings. The summed E-state index contributed by atoms with van der Waals surface area (Å²) < 4.78 is 0. The average molecular weight is 347 g/mol. The fourth-order valence-electron chi connectivity index (χ4n) is 2.77. The lowest BCUT2D eigenvalue weighted by molar-refractivity contribution is -0.108. The highest BCUT2D eigenvalue weighted by molar-refractivity contribution is 6.08. The summed E-state index contributed by atoms with van der Waals surface area (Å²) >= 11 is 0. The Kier molecular flexibility index (Phi) is 6.29. The van der Waals surface area contributed by atoms with Gasteiger partial charge in [-0.05, 0) is 48.2 Å². The van der Waals surface area contributed by atoms with Gasteiger partial charge in [-0.2, -0.15) is 5.26 Å². The Hall–Kier alpha value is -3.39. The van der Waals surface area contributed by atoms with Crippen LogP contribution in [0.3, 0.4) is 0 Å². The molecule has 0 saturated heterocycles. The summed E-state index contributed by atoms with van der Waals surface area (Å²) in [5.41, 5.74) is 9.89. The van der Waals surface area contributed by atoms with Crippen LogP contribution < -0.4 is 11.1 Å². The molecule has 0 aliphatic heterocycles. The first-order chi connectivity index (χ1) is 12.4. The molecule has 3 N–H and O–H groups in total. The lowest BCUT2D eigenvalue weighted by atomic mass is 9.98. The molecule has 0 heterocycles. The number of anilines is 1. The van der Waals surface area contributed by atoms with Crippen LogP contribution in [0.2, 0.25) is 0 Å². The molecular weight excluding hydrogens is 326 g/mol. The van der Waals surface area contributed by atoms with Crippen LogP contribution in [0.15, 0.2) is 49.0 Å². The first-order valence-electron chi connectivity index (χ1n) is 8.23. The number of nitriles is 1. The van der Waals surface area contributed by atoms with Gasteiger partial charge in [-0.3, -0.25) is 4.79 Å². The molecular formula is C21H21N3O2. The third kappa shape index (κ3) is 4.81. The van der Waals surface area contributed by atoms with E-state index in [1.165, 1.54) is 6.07 Å². The van der Waals surface area contributed by atoms with E-state index in [4.69, 9.17) is 11.0 Å². The molecule has 0 fully saturated rings. The van der Waals surface area contributed by atoms with Gasteiger partial charge in [0.2, 0.25) is 0 Å². The number of nitrogens with one attached hydrogen (secondary N) is 1. The fraction of sp³-hybridized carbons (Fsp3) is 0.190. The first kappa shape index (κ1) is 18.9. The van der Waals surface area contributed by atoms with Crippen LogP contribution >= 0.6 is 0 Å². The number of Topliss-reactive ketones (excluding diaryl/α,β-unsaturated/α-hetero) is 1. The monoisotopic (exact) mass is 347 g/mol. The molecule has 26 heavy (non-hydrogen) atoms. The van der Waals surface area contributed by atoms with Gasteiger partial charge >= 0.3 is 0 Å². The molecule has 132 valence electrons. The van der Waals surface area contributed by atoms with Gasteiger partial charge in [-0.15, -0.1) is 0 Å². The maximum absolute atomic E-state index is 11.6. The summed E-state index contributed by atoms with van der Waals surface area (Å²) in [6.45, 7) is 6.03. The van der Waals surface area contributed by atoms with E-state index >= 15 is 0 Å². The number of aldehydes is 1. The highest BCUT2D eigenvalue weighted by atomic mass is 16.1. The molecule has 0 amide bonds. The minimum Gasteiger partial charge on any atom is -0.399 e. The number of nitrogens with zero attached hydrogens (tertiary/aromatic N) is 1. The Morgan fingerprint density at radius 1 is 1.31 bits per heavy atom. The largest absolute Gasteiger partial charge is 0.399 e. The molecule has 0 spiro atoms. The molecule has 5 nitrogen and oxygen atoms in total. The Balaban J connectivity index is 2.21. The van der Waals surface area contributed by atoms with E-state index in [1.54, 1.807) is 18.2 Å². The van der Waals surface area contributed by atoms with Crippen molar-refractivity contribution in [2.24, 2.45) is 0 Å². The van der Waals surface area contributed by atoms with E-state index in [0.29, 0.717) is 29.8 Å². The number of aryl methyl sites for hydroxylation is 1. The number of rotatable bonds is 8. The Morgan fingerprint density at radius 2 is 2.00 bits per heavy atom. The highest BCUT2D eigenvalue weighted by Crippen LogP contribution is 2.19. The van der Waals surface area contributed by atoms with E-state index in [2.05, 4.69) is 11.9 Å². The van der Waals surface area contributed by atoms with Crippen molar-refractivity contribution in [1.82, 2.24) is 5.32 Å². The van der Waals surface area contributed by atoms with Gasteiger partial charge in [0.05, 0.1) is 0 Å². The summed E-state index contributed by atoms with van der Waals surface area (Å²) in [7, 11) is 0. The maximum Gasteiger partial charge on any atom is 0.262 e. The van der Waals surface area contributed by atoms with Crippen LogP contribution in [0.4, 0.5) is 5.69 Å². The smallest absolute Gasteiger partial charge is 0.262 e. The topological polar surface area (TPSA) is 96.0 Å². The molecule has 2 aromatic carbocycles. The fourth-order valence-corrected chi connectivity index (χ4v) is 2.77. The second-order valence-electron chi connectivity index (χ2n) is 6.14. The summed E-state index contributed by atoms with van der Waals surface area (Å²) in [4.78, 5) is 22.7. The number of nitrogens with two attached hydrogens (primary N) is 1. The predicted molar refractivity (Wildman–Crippen MR) is 102 cm³/mol. The van der Waals surface area contributed by atoms with Gasteiger partial charge in [0, 0.05) is 29.4 Å². The number of hydrogen-bond acceptors (Lipinski definition) is 5. The van der Waals surface area contributed by atoms with E-state index in [0.717, 1.165) is 17.4 Å². The third-order valence-electron chi connectivity index (χ3n) is 4.15. The van der Waals surface area contributed by atoms with Crippen molar-refractivity contribution < 1.29 is 9.59 Å². The lowest BCUT2D eigenvalue weighted by Gasteiger charge is -2.21. The summed E-state index contributed by atoms with van der Waals surface area (Å²) in [5.74, 6) is -0.657. The van der Waals surface area contributed by atoms with Crippen LogP contribution in [0.1, 0.15) is 33.5 Å². The van der Waals surface area contributed by atoms with Crippen molar-refractivity contribution in [3.8, 4) is 6.07 Å². The maximum atomic E-state index is 11.6. The number of ketones is 1. The molecule has 0 aliphatic rings. The second kappa shape index (κ2) is 8.63. The minimum absolute atomic E-state index is 0.141. The standard InChI is InChI=1S/C21H21N3O2/c1-14-5-3-4-6-16(14)12-20(7-8-25)24-15(2)17-9-18(21(26)13-22)11-19(23)10-17/h3-6,8-11,20,24H,2,7,12,23H2,1H3. The van der Waals surface area contributed by atoms with Gasteiger partial charge < -0.3 is 15.8 Å². The van der Waals surface area contributed by atoms with Crippen molar-refractivity contribution in [2.45, 2.75) is 25.8 Å². The molecule has 2 rings (SSSR count). The van der Waals surface area contributed by atoms with Crippen molar-refractivity contribution in [1.29, 1.82) is 5.26 Å². The van der Waals surface area contributed by atoms with Crippen molar-refractivity contribution in [2.75, 3.05) is 5.73 Å². The first-order valence-corrected chi connectivity index (χ1v) is 8.23. The van der Waals surface area contributed by atoms with Gasteiger partial charge in [0.25, 0.3) is 5.78 Å². The number of benzene rings is 2. The van der Waals surface area contributed by atoms with Gasteiger partial charge in [0.15, 0.2) is 0 Å². The molecule has 5 heteroatoms. The highest BCUT2D eigenvalue weighted by Gasteiger charge is 2.14. The minimum atomic E-state index is -0.657. The second-order valence-corrected chi connectivity index (χ2v) is 6.14. The zero-order valence-corrected chi connectivity index (χ0v) is 14.7. The van der Waals surface area contributed by atoms with Crippen LogP contribution in [0.25, 0.3) is 5.70 Å². The van der Waals surface area contributed by atoms with E-state index in [9.17, 15) is 9.59 Å². The Morgan fingerprint density at radius 3 is 2.65 bits per heavy atom. The molecule has 1 unspecified atom stereocenters. The van der Waals surface area contributed by atoms with Crippen LogP contribution in [0.5, 0.6) is 0 Å². The van der Waals surface area contributed by atoms with E-state index in [-0.39, 0.29) is 11.6 Å². The molecule has 0 saturated carbocycles. The molecule has 0 bridgehead atoms. The third-order valence-corrected chi connectivity index (χ3v) is 4.15. The number of hydrogen-bond donors (Lipinski definition) is 2. The zero-order chi connectivity index (χ0) is 19.1. The average Bonchev–Trinajstić information content (AvgIpc) is 2.62. The van der Waals surface area contributed by atoms with Gasteiger partial charge in [0.1, 0.15) is 12.4 Å². The summed E-state index contributed by atoms with van der Waals surface area (Å²) in [6, 6.07) is 14.1. The number of carbonyl (C=O) groups is 2. The number of nitrogen functional groups attached to an aromatic ring is 1. The molecule has 0 radical (unpaired) electrons. The van der Waals surface area contributed by atoms with Gasteiger partial charge in [-0.1, -0.05) is 30.8 Å². The van der Waals surface area contributed by atoms with Gasteiger partial charge in [-0.25, -0.2) is 0 Å². The van der Waals surface area contributed by atoms with E-state index < -0.39 is 5.78 Å². The lowest BCUT2D eigenvalue weighted by Crippen LogP contribution is -2.30. The zero-order valence-electron chi connectivity index (χ0n) is 14.7. The SMILES string of the molecule is C=C(NC(CC=O)Cc1ccccc1C)c1cc(N)cc(C(=O)C#N)c1. The normalized spacial score (nSPS) is 11.2. The Bertz CT molecular complexity index is 881. The summed E-state index contributed by atoms with van der Waals surface area (Å²) in [6.07, 6.45) is 1.85. The number of carbonyl (C=O) groups excluding carboxylic acids is 2. The molecule has 1 atom stereocenters. The van der Waals surface area contributed by atoms with Crippen molar-refractivity contribution in [3.05, 3.63) is 71.3 Å². The van der Waals surface area contributed by atoms with Crippen molar-refractivity contribution in [3.63, 3.8) is 0 Å². The van der Waals surface area contributed by atoms with Crippen LogP contribution in [-0.4, -0.2) is 18.1 Å². The van der Waals surface area contributed by atoms with Crippen LogP contribution in [0, 0.1) is 18.3 Å². The molecule has 0 aromatic heterocycles. The van der Waals surface area contributed by atoms with E-state index in [1.807, 2.05) is 31.2 Å². The quantitative estimate of drug-likeness (QED) is 0.331. The predicted octanol–water partition coefficient (Wildman–Crippen LogP) is 3.04. The summed E-state index contributed by atoms with van der Waals surface area (Å²) in [5, 5.41) is 12.0. The van der Waals surface area contributed by atoms with Crippen LogP contribution in [-0.2, 0) is 11.2 Å².